The molecule has 3 rings (SSSR count). The Morgan fingerprint density at radius 1 is 1.00 bits per heavy atom. The molecular weight excluding hydrogens is 342 g/mol. The van der Waals surface area contributed by atoms with Crippen LogP contribution in [-0.4, -0.2) is 27.4 Å². The largest absolute Gasteiger partial charge is 0.512 e. The molecule has 0 saturated heterocycles. The highest BCUT2D eigenvalue weighted by molar-refractivity contribution is 6.09. The van der Waals surface area contributed by atoms with Crippen LogP contribution in [0.5, 0.6) is 0 Å². The summed E-state index contributed by atoms with van der Waals surface area (Å²) in [5, 5.41) is 10.7. The number of Topliss-reactive ketones (excluding diaryl/α,β-unsaturated/α-hetero) is 3. The van der Waals surface area contributed by atoms with Crippen molar-refractivity contribution in [3.63, 3.8) is 0 Å². The number of hydrogen-bond acceptors (Lipinski definition) is 5. The minimum atomic E-state index is -0.940. The van der Waals surface area contributed by atoms with Crippen molar-refractivity contribution in [1.29, 1.82) is 0 Å². The molecule has 5 heteroatoms. The molecule has 0 aromatic carbocycles. The van der Waals surface area contributed by atoms with E-state index < -0.39 is 11.8 Å². The van der Waals surface area contributed by atoms with Crippen molar-refractivity contribution < 1.29 is 19.5 Å². The zero-order chi connectivity index (χ0) is 20.0. The van der Waals surface area contributed by atoms with Crippen molar-refractivity contribution >= 4 is 17.3 Å². The van der Waals surface area contributed by atoms with E-state index in [2.05, 4.69) is 4.98 Å². The first-order valence-corrected chi connectivity index (χ1v) is 9.41. The van der Waals surface area contributed by atoms with E-state index in [-0.39, 0.29) is 58.8 Å². The highest BCUT2D eigenvalue weighted by Crippen LogP contribution is 2.47. The molecule has 1 N–H and O–H groups in total. The van der Waals surface area contributed by atoms with E-state index in [1.807, 2.05) is 27.7 Å². The van der Waals surface area contributed by atoms with Crippen molar-refractivity contribution in [3.8, 4) is 0 Å². The maximum atomic E-state index is 13.0. The Kier molecular flexibility index (Phi) is 4.83. The molecule has 0 unspecified atom stereocenters. The van der Waals surface area contributed by atoms with Crippen molar-refractivity contribution in [2.75, 3.05) is 0 Å². The normalized spacial score (nSPS) is 24.2. The smallest absolute Gasteiger partial charge is 0.163 e. The molecular formula is C22H27NO4. The lowest BCUT2D eigenvalue weighted by atomic mass is 9.63. The summed E-state index contributed by atoms with van der Waals surface area (Å²) < 4.78 is 0. The molecule has 1 aromatic heterocycles. The molecule has 2 aliphatic carbocycles. The molecule has 0 bridgehead atoms. The minimum Gasteiger partial charge on any atom is -0.512 e. The van der Waals surface area contributed by atoms with Gasteiger partial charge in [-0.15, -0.1) is 0 Å². The average molecular weight is 369 g/mol. The number of aliphatic hydroxyl groups excluding tert-OH is 1. The average Bonchev–Trinajstić information content (AvgIpc) is 2.50. The fraction of sp³-hybridized carbons (Fsp3) is 0.545. The van der Waals surface area contributed by atoms with Crippen molar-refractivity contribution in [2.24, 2.45) is 16.7 Å². The Labute approximate surface area is 159 Å². The second-order valence-electron chi connectivity index (χ2n) is 9.49. The summed E-state index contributed by atoms with van der Waals surface area (Å²) in [5.74, 6) is -2.23. The molecule has 0 radical (unpaired) electrons. The molecule has 27 heavy (non-hydrogen) atoms. The molecule has 1 aromatic rings. The Hall–Kier alpha value is -2.30. The SMILES string of the molecule is CC1(C)CC(=O)C([C@H](C2=C(O)CC(C)(C)CC2=O)c2cccnc2)C(=O)C1. The van der Waals surface area contributed by atoms with E-state index >= 15 is 0 Å². The molecule has 0 aliphatic heterocycles. The van der Waals surface area contributed by atoms with Crippen LogP contribution < -0.4 is 0 Å². The number of hydrogen-bond donors (Lipinski definition) is 1. The lowest BCUT2D eigenvalue weighted by molar-refractivity contribution is -0.140. The van der Waals surface area contributed by atoms with Gasteiger partial charge in [0, 0.05) is 49.6 Å². The third kappa shape index (κ3) is 3.87. The van der Waals surface area contributed by atoms with Gasteiger partial charge in [-0.3, -0.25) is 19.4 Å². The molecule has 0 amide bonds. The van der Waals surface area contributed by atoms with Crippen LogP contribution in [0.3, 0.4) is 0 Å². The minimum absolute atomic E-state index is 0.00413. The van der Waals surface area contributed by atoms with Crippen LogP contribution in [0, 0.1) is 16.7 Å². The predicted molar refractivity (Wildman–Crippen MR) is 101 cm³/mol. The summed E-state index contributed by atoms with van der Waals surface area (Å²) in [6.45, 7) is 7.67. The molecule has 1 fully saturated rings. The van der Waals surface area contributed by atoms with Gasteiger partial charge in [0.1, 0.15) is 17.3 Å². The predicted octanol–water partition coefficient (Wildman–Crippen LogP) is 3.94. The molecule has 144 valence electrons. The van der Waals surface area contributed by atoms with Crippen LogP contribution in [0.2, 0.25) is 0 Å². The number of rotatable bonds is 3. The maximum Gasteiger partial charge on any atom is 0.163 e. The third-order valence-corrected chi connectivity index (χ3v) is 5.58. The van der Waals surface area contributed by atoms with Gasteiger partial charge in [0.2, 0.25) is 0 Å². The molecule has 1 atom stereocenters. The van der Waals surface area contributed by atoms with Gasteiger partial charge in [0.25, 0.3) is 0 Å². The second kappa shape index (κ2) is 6.70. The van der Waals surface area contributed by atoms with E-state index in [0.717, 1.165) is 0 Å². The summed E-state index contributed by atoms with van der Waals surface area (Å²) in [6, 6.07) is 3.49. The maximum absolute atomic E-state index is 13.0. The van der Waals surface area contributed by atoms with Gasteiger partial charge in [-0.2, -0.15) is 0 Å². The molecule has 5 nitrogen and oxygen atoms in total. The van der Waals surface area contributed by atoms with E-state index in [1.165, 1.54) is 0 Å². The number of allylic oxidation sites excluding steroid dienone is 2. The molecule has 1 saturated carbocycles. The number of aliphatic hydroxyl groups is 1. The second-order valence-corrected chi connectivity index (χ2v) is 9.49. The fourth-order valence-corrected chi connectivity index (χ4v) is 4.52. The summed E-state index contributed by atoms with van der Waals surface area (Å²) in [5.41, 5.74) is 0.124. The van der Waals surface area contributed by atoms with Crippen molar-refractivity contribution in [3.05, 3.63) is 41.4 Å². The van der Waals surface area contributed by atoms with Crippen LogP contribution in [-0.2, 0) is 14.4 Å². The van der Waals surface area contributed by atoms with E-state index in [0.29, 0.717) is 12.0 Å². The van der Waals surface area contributed by atoms with E-state index in [9.17, 15) is 19.5 Å². The third-order valence-electron chi connectivity index (χ3n) is 5.58. The number of pyridine rings is 1. The highest BCUT2D eigenvalue weighted by atomic mass is 16.3. The van der Waals surface area contributed by atoms with Crippen LogP contribution in [0.1, 0.15) is 64.9 Å². The lowest BCUT2D eigenvalue weighted by Crippen LogP contribution is -2.43. The van der Waals surface area contributed by atoms with Gasteiger partial charge in [-0.1, -0.05) is 33.8 Å². The standard InChI is InChI=1S/C22H27NO4/c1-21(2)8-14(24)19(15(25)9-21)18(13-6-5-7-23-12-13)20-16(26)10-22(3,4)11-17(20)27/h5-7,12,18-19,26H,8-11H2,1-4H3/t18-/m1/s1. The number of carbonyl (C=O) groups is 3. The molecule has 2 aliphatic rings. The lowest BCUT2D eigenvalue weighted by Gasteiger charge is -2.38. The summed E-state index contributed by atoms with van der Waals surface area (Å²) in [6.07, 6.45) is 4.39. The Balaban J connectivity index is 2.13. The first-order chi connectivity index (χ1) is 12.5. The Morgan fingerprint density at radius 3 is 2.11 bits per heavy atom. The van der Waals surface area contributed by atoms with Gasteiger partial charge in [-0.25, -0.2) is 0 Å². The summed E-state index contributed by atoms with van der Waals surface area (Å²) in [4.78, 5) is 43.0. The quantitative estimate of drug-likeness (QED) is 0.816. The number of nitrogens with zero attached hydrogens (tertiary/aromatic N) is 1. The first-order valence-electron chi connectivity index (χ1n) is 9.41. The van der Waals surface area contributed by atoms with Gasteiger partial charge in [0.15, 0.2) is 5.78 Å². The summed E-state index contributed by atoms with van der Waals surface area (Å²) >= 11 is 0. The van der Waals surface area contributed by atoms with Crippen LogP contribution >= 0.6 is 0 Å². The van der Waals surface area contributed by atoms with Gasteiger partial charge >= 0.3 is 0 Å². The van der Waals surface area contributed by atoms with Crippen LogP contribution in [0.4, 0.5) is 0 Å². The highest BCUT2D eigenvalue weighted by Gasteiger charge is 2.48. The zero-order valence-corrected chi connectivity index (χ0v) is 16.4. The van der Waals surface area contributed by atoms with Crippen molar-refractivity contribution in [2.45, 2.75) is 59.3 Å². The first kappa shape index (κ1) is 19.5. The van der Waals surface area contributed by atoms with Crippen molar-refractivity contribution in [1.82, 2.24) is 4.98 Å². The van der Waals surface area contributed by atoms with Crippen LogP contribution in [0.15, 0.2) is 35.9 Å². The summed E-state index contributed by atoms with van der Waals surface area (Å²) in [7, 11) is 0. The Bertz CT molecular complexity index is 800. The van der Waals surface area contributed by atoms with E-state index in [4.69, 9.17) is 0 Å². The zero-order valence-electron chi connectivity index (χ0n) is 16.4. The topological polar surface area (TPSA) is 84.3 Å². The van der Waals surface area contributed by atoms with E-state index in [1.54, 1.807) is 24.5 Å². The number of carbonyl (C=O) groups excluding carboxylic acids is 3. The van der Waals surface area contributed by atoms with Gasteiger partial charge in [0.05, 0.1) is 5.92 Å². The van der Waals surface area contributed by atoms with Gasteiger partial charge in [-0.05, 0) is 22.5 Å². The van der Waals surface area contributed by atoms with Gasteiger partial charge < -0.3 is 5.11 Å². The molecule has 0 spiro atoms. The fourth-order valence-electron chi connectivity index (χ4n) is 4.52. The molecule has 1 heterocycles. The Morgan fingerprint density at radius 2 is 1.59 bits per heavy atom. The number of ketones is 3. The number of aromatic nitrogens is 1. The monoisotopic (exact) mass is 369 g/mol. The van der Waals surface area contributed by atoms with Crippen LogP contribution in [0.25, 0.3) is 0 Å².